The van der Waals surface area contributed by atoms with Gasteiger partial charge in [-0.2, -0.15) is 5.10 Å². The predicted molar refractivity (Wildman–Crippen MR) is 111 cm³/mol. The Balaban J connectivity index is 1.62. The summed E-state index contributed by atoms with van der Waals surface area (Å²) in [5.74, 6) is 0.728. The highest BCUT2D eigenvalue weighted by Crippen LogP contribution is 2.31. The van der Waals surface area contributed by atoms with Gasteiger partial charge in [0.05, 0.1) is 19.5 Å². The Morgan fingerprint density at radius 3 is 2.62 bits per heavy atom. The summed E-state index contributed by atoms with van der Waals surface area (Å²) in [5, 5.41) is 6.48. The van der Waals surface area contributed by atoms with E-state index in [1.54, 1.807) is 54.0 Å². The molecule has 4 aromatic heterocycles. The third-order valence-electron chi connectivity index (χ3n) is 5.03. The van der Waals surface area contributed by atoms with Crippen LogP contribution in [0.3, 0.4) is 0 Å². The molecule has 0 atom stereocenters. The van der Waals surface area contributed by atoms with Gasteiger partial charge in [0.15, 0.2) is 5.65 Å². The van der Waals surface area contributed by atoms with Gasteiger partial charge in [-0.3, -0.25) is 9.78 Å². The first-order valence-corrected chi connectivity index (χ1v) is 9.06. The maximum atomic E-state index is 11.6. The molecule has 7 nitrogen and oxygen atoms in total. The predicted octanol–water partition coefficient (Wildman–Crippen LogP) is 3.32. The molecule has 4 heterocycles. The number of pyridine rings is 2. The summed E-state index contributed by atoms with van der Waals surface area (Å²) in [4.78, 5) is 20.5. The molecule has 5 rings (SSSR count). The van der Waals surface area contributed by atoms with Gasteiger partial charge in [-0.05, 0) is 17.7 Å². The highest BCUT2D eigenvalue weighted by Gasteiger charge is 2.12. The molecule has 1 aromatic carbocycles. The number of ether oxygens (including phenoxy) is 1. The first kappa shape index (κ1) is 17.1. The Labute approximate surface area is 165 Å². The Kier molecular flexibility index (Phi) is 3.87. The van der Waals surface area contributed by atoms with E-state index in [2.05, 4.69) is 21.1 Å². The lowest BCUT2D eigenvalue weighted by molar-refractivity contribution is 0.418. The van der Waals surface area contributed by atoms with Crippen molar-refractivity contribution in [2.75, 3.05) is 7.11 Å². The molecule has 0 amide bonds. The van der Waals surface area contributed by atoms with Crippen molar-refractivity contribution < 1.29 is 4.74 Å². The molecule has 0 aliphatic heterocycles. The summed E-state index contributed by atoms with van der Waals surface area (Å²) in [6.45, 7) is 0. The zero-order chi connectivity index (χ0) is 20.0. The van der Waals surface area contributed by atoms with Crippen molar-refractivity contribution >= 4 is 16.4 Å². The van der Waals surface area contributed by atoms with Gasteiger partial charge < -0.3 is 9.30 Å². The van der Waals surface area contributed by atoms with Crippen LogP contribution in [0.4, 0.5) is 0 Å². The first-order chi connectivity index (χ1) is 14.1. The van der Waals surface area contributed by atoms with E-state index >= 15 is 0 Å². The average Bonchev–Trinajstić information content (AvgIpc) is 3.18. The van der Waals surface area contributed by atoms with Crippen LogP contribution in [-0.4, -0.2) is 31.3 Å². The molecule has 0 aliphatic carbocycles. The molecule has 0 fully saturated rings. The Hall–Kier alpha value is -4.00. The fourth-order valence-electron chi connectivity index (χ4n) is 3.46. The molecular weight excluding hydrogens is 366 g/mol. The summed E-state index contributed by atoms with van der Waals surface area (Å²) in [5.41, 5.74) is 4.42. The second-order valence-corrected chi connectivity index (χ2v) is 6.81. The number of aromatic nitrogens is 5. The zero-order valence-corrected chi connectivity index (χ0v) is 15.9. The molecule has 0 aliphatic rings. The SMILES string of the molecule is COc1cncc2ccc(-c3cnn4cc(-c5ccc(=O)n(C)c5)cnc34)cc12. The van der Waals surface area contributed by atoms with E-state index < -0.39 is 0 Å². The van der Waals surface area contributed by atoms with Gasteiger partial charge in [-0.1, -0.05) is 12.1 Å². The number of fused-ring (bicyclic) bond motifs is 2. The fraction of sp³-hybridized carbons (Fsp3) is 0.0909. The minimum absolute atomic E-state index is 0.0499. The smallest absolute Gasteiger partial charge is 0.250 e. The molecule has 29 heavy (non-hydrogen) atoms. The van der Waals surface area contributed by atoms with Crippen LogP contribution in [0.5, 0.6) is 5.75 Å². The largest absolute Gasteiger partial charge is 0.494 e. The van der Waals surface area contributed by atoms with Gasteiger partial charge >= 0.3 is 0 Å². The van der Waals surface area contributed by atoms with E-state index in [0.29, 0.717) is 0 Å². The molecule has 0 bridgehead atoms. The quantitative estimate of drug-likeness (QED) is 0.478. The van der Waals surface area contributed by atoms with Crippen LogP contribution >= 0.6 is 0 Å². The number of hydrogen-bond donors (Lipinski definition) is 0. The Morgan fingerprint density at radius 2 is 1.79 bits per heavy atom. The zero-order valence-electron chi connectivity index (χ0n) is 15.9. The highest BCUT2D eigenvalue weighted by molar-refractivity contribution is 5.93. The van der Waals surface area contributed by atoms with Gasteiger partial charge in [0.1, 0.15) is 5.75 Å². The molecule has 0 radical (unpaired) electrons. The normalized spacial score (nSPS) is 11.2. The van der Waals surface area contributed by atoms with Crippen LogP contribution < -0.4 is 10.3 Å². The summed E-state index contributed by atoms with van der Waals surface area (Å²) >= 11 is 0. The Bertz CT molecular complexity index is 1430. The summed E-state index contributed by atoms with van der Waals surface area (Å²) in [6.07, 6.45) is 10.8. The number of benzene rings is 1. The van der Waals surface area contributed by atoms with Crippen molar-refractivity contribution in [3.05, 3.63) is 77.9 Å². The van der Waals surface area contributed by atoms with Crippen LogP contribution in [0.1, 0.15) is 0 Å². The summed E-state index contributed by atoms with van der Waals surface area (Å²) in [6, 6.07) is 9.45. The van der Waals surface area contributed by atoms with Crippen molar-refractivity contribution in [2.24, 2.45) is 7.05 Å². The topological polar surface area (TPSA) is 74.3 Å². The van der Waals surface area contributed by atoms with Crippen LogP contribution in [-0.2, 0) is 7.05 Å². The van der Waals surface area contributed by atoms with Crippen LogP contribution in [0, 0.1) is 0 Å². The lowest BCUT2D eigenvalue weighted by atomic mass is 10.0. The Morgan fingerprint density at radius 1 is 0.931 bits per heavy atom. The van der Waals surface area contributed by atoms with Crippen LogP contribution in [0.2, 0.25) is 0 Å². The molecule has 0 spiro atoms. The molecule has 0 unspecified atom stereocenters. The molecular formula is C22H17N5O2. The number of aryl methyl sites for hydroxylation is 1. The van der Waals surface area contributed by atoms with E-state index in [0.717, 1.165) is 44.4 Å². The number of hydrogen-bond acceptors (Lipinski definition) is 5. The highest BCUT2D eigenvalue weighted by atomic mass is 16.5. The van der Waals surface area contributed by atoms with E-state index in [9.17, 15) is 4.79 Å². The maximum Gasteiger partial charge on any atom is 0.250 e. The number of rotatable bonds is 3. The van der Waals surface area contributed by atoms with E-state index in [1.165, 1.54) is 0 Å². The van der Waals surface area contributed by atoms with Crippen molar-refractivity contribution in [1.82, 2.24) is 24.1 Å². The van der Waals surface area contributed by atoms with E-state index in [-0.39, 0.29) is 5.56 Å². The lowest BCUT2D eigenvalue weighted by Gasteiger charge is -2.07. The fourth-order valence-corrected chi connectivity index (χ4v) is 3.46. The third kappa shape index (κ3) is 2.84. The second kappa shape index (κ2) is 6.56. The van der Waals surface area contributed by atoms with Crippen LogP contribution in [0.25, 0.3) is 38.7 Å². The molecule has 0 saturated heterocycles. The molecule has 7 heteroatoms. The summed E-state index contributed by atoms with van der Waals surface area (Å²) < 4.78 is 8.75. The van der Waals surface area contributed by atoms with E-state index in [1.807, 2.05) is 30.7 Å². The van der Waals surface area contributed by atoms with Gasteiger partial charge in [-0.25, -0.2) is 9.50 Å². The molecule has 5 aromatic rings. The van der Waals surface area contributed by atoms with Gasteiger partial charge in [0, 0.05) is 65.4 Å². The van der Waals surface area contributed by atoms with Gasteiger partial charge in [0.2, 0.25) is 5.56 Å². The van der Waals surface area contributed by atoms with Crippen LogP contribution in [0.15, 0.2) is 72.3 Å². The minimum atomic E-state index is -0.0499. The first-order valence-electron chi connectivity index (χ1n) is 9.06. The second-order valence-electron chi connectivity index (χ2n) is 6.81. The third-order valence-corrected chi connectivity index (χ3v) is 5.03. The minimum Gasteiger partial charge on any atom is -0.494 e. The van der Waals surface area contributed by atoms with Crippen molar-refractivity contribution in [1.29, 1.82) is 0 Å². The van der Waals surface area contributed by atoms with Crippen molar-refractivity contribution in [3.63, 3.8) is 0 Å². The number of methoxy groups -OCH3 is 1. The summed E-state index contributed by atoms with van der Waals surface area (Å²) in [7, 11) is 3.37. The van der Waals surface area contributed by atoms with Gasteiger partial charge in [-0.15, -0.1) is 0 Å². The van der Waals surface area contributed by atoms with Crippen molar-refractivity contribution in [3.8, 4) is 28.0 Å². The van der Waals surface area contributed by atoms with Gasteiger partial charge in [0.25, 0.3) is 0 Å². The van der Waals surface area contributed by atoms with Crippen molar-refractivity contribution in [2.45, 2.75) is 0 Å². The molecule has 142 valence electrons. The monoisotopic (exact) mass is 383 g/mol. The van der Waals surface area contributed by atoms with E-state index in [4.69, 9.17) is 4.74 Å². The standard InChI is InChI=1S/C22H17N5O2/c1-26-12-16(5-6-21(26)28)17-9-24-22-19(10-25-27(22)13-17)14-3-4-15-8-23-11-20(29-2)18(15)7-14/h3-13H,1-2H3. The maximum absolute atomic E-state index is 11.6. The lowest BCUT2D eigenvalue weighted by Crippen LogP contribution is -2.14. The average molecular weight is 383 g/mol. The number of nitrogens with zero attached hydrogens (tertiary/aromatic N) is 5. The molecule has 0 saturated carbocycles. The molecule has 0 N–H and O–H groups in total.